The Morgan fingerprint density at radius 3 is 2.55 bits per heavy atom. The molecule has 0 saturated carbocycles. The molecule has 1 fully saturated rings. The number of piperidine rings is 1. The maximum Gasteiger partial charge on any atom is 0.270 e. The van der Waals surface area contributed by atoms with Gasteiger partial charge in [-0.05, 0) is 49.1 Å². The number of hydrogen-bond acceptors (Lipinski definition) is 3. The number of aromatic nitrogens is 2. The lowest BCUT2D eigenvalue weighted by Gasteiger charge is -2.31. The third kappa shape index (κ3) is 4.16. The first kappa shape index (κ1) is 19.2. The third-order valence-electron chi connectivity index (χ3n) is 5.79. The summed E-state index contributed by atoms with van der Waals surface area (Å²) in [5, 5.41) is 4.11. The molecule has 2 aromatic heterocycles. The first-order valence-electron chi connectivity index (χ1n) is 10.1. The number of aryl methyl sites for hydroxylation is 1. The fourth-order valence-corrected chi connectivity index (χ4v) is 4.02. The highest BCUT2D eigenvalue weighted by Gasteiger charge is 2.28. The number of para-hydroxylation sites is 1. The smallest absolute Gasteiger partial charge is 0.270 e. The van der Waals surface area contributed by atoms with E-state index in [1.54, 1.807) is 12.4 Å². The van der Waals surface area contributed by atoms with Crippen LogP contribution < -0.4 is 5.32 Å². The van der Waals surface area contributed by atoms with Gasteiger partial charge >= 0.3 is 0 Å². The summed E-state index contributed by atoms with van der Waals surface area (Å²) in [6, 6.07) is 13.9. The zero-order chi connectivity index (χ0) is 20.2. The van der Waals surface area contributed by atoms with E-state index in [1.165, 1.54) is 0 Å². The van der Waals surface area contributed by atoms with Crippen molar-refractivity contribution in [3.8, 4) is 0 Å². The molecule has 1 N–H and O–H groups in total. The molecule has 1 aliphatic heterocycles. The SMILES string of the molecule is Cn1c(C(=O)N2CCC(C(=O)NCCc3ccncc3)CC2)cc2ccccc21. The van der Waals surface area contributed by atoms with Gasteiger partial charge in [-0.1, -0.05) is 18.2 Å². The van der Waals surface area contributed by atoms with Gasteiger partial charge in [0.25, 0.3) is 5.91 Å². The van der Waals surface area contributed by atoms with Gasteiger partial charge < -0.3 is 14.8 Å². The molecule has 2 amide bonds. The van der Waals surface area contributed by atoms with Crippen LogP contribution in [0.3, 0.4) is 0 Å². The van der Waals surface area contributed by atoms with Gasteiger partial charge in [0.2, 0.25) is 5.91 Å². The van der Waals surface area contributed by atoms with Gasteiger partial charge in [0.15, 0.2) is 0 Å². The minimum atomic E-state index is -0.0241. The quantitative estimate of drug-likeness (QED) is 0.728. The van der Waals surface area contributed by atoms with Gasteiger partial charge in [-0.15, -0.1) is 0 Å². The lowest BCUT2D eigenvalue weighted by molar-refractivity contribution is -0.126. The number of likely N-dealkylation sites (tertiary alicyclic amines) is 1. The zero-order valence-electron chi connectivity index (χ0n) is 16.7. The predicted octanol–water partition coefficient (Wildman–Crippen LogP) is 2.78. The summed E-state index contributed by atoms with van der Waals surface area (Å²) in [4.78, 5) is 31.3. The van der Waals surface area contributed by atoms with E-state index in [4.69, 9.17) is 0 Å². The largest absolute Gasteiger partial charge is 0.356 e. The van der Waals surface area contributed by atoms with Crippen LogP contribution in [0.5, 0.6) is 0 Å². The summed E-state index contributed by atoms with van der Waals surface area (Å²) in [5.41, 5.74) is 2.92. The van der Waals surface area contributed by atoms with Crippen molar-refractivity contribution < 1.29 is 9.59 Å². The number of amides is 2. The average Bonchev–Trinajstić information content (AvgIpc) is 3.11. The molecule has 6 heteroatoms. The van der Waals surface area contributed by atoms with E-state index < -0.39 is 0 Å². The van der Waals surface area contributed by atoms with Crippen LogP contribution in [0.1, 0.15) is 28.9 Å². The van der Waals surface area contributed by atoms with Crippen molar-refractivity contribution in [3.63, 3.8) is 0 Å². The highest BCUT2D eigenvalue weighted by atomic mass is 16.2. The fourth-order valence-electron chi connectivity index (χ4n) is 4.02. The van der Waals surface area contributed by atoms with Crippen molar-refractivity contribution in [1.29, 1.82) is 0 Å². The minimum Gasteiger partial charge on any atom is -0.356 e. The van der Waals surface area contributed by atoms with Crippen molar-refractivity contribution in [3.05, 3.63) is 66.1 Å². The summed E-state index contributed by atoms with van der Waals surface area (Å²) in [7, 11) is 1.93. The molecular weight excluding hydrogens is 364 g/mol. The topological polar surface area (TPSA) is 67.2 Å². The second-order valence-corrected chi connectivity index (χ2v) is 7.61. The van der Waals surface area contributed by atoms with Gasteiger partial charge in [0.05, 0.1) is 0 Å². The number of pyridine rings is 1. The number of carbonyl (C=O) groups is 2. The maximum atomic E-state index is 13.0. The van der Waals surface area contributed by atoms with E-state index in [1.807, 2.05) is 59.0 Å². The molecule has 0 unspecified atom stereocenters. The second kappa shape index (κ2) is 8.47. The molecule has 1 aliphatic rings. The van der Waals surface area contributed by atoms with E-state index in [9.17, 15) is 9.59 Å². The molecule has 29 heavy (non-hydrogen) atoms. The summed E-state index contributed by atoms with van der Waals surface area (Å²) < 4.78 is 1.95. The molecule has 0 spiro atoms. The number of benzene rings is 1. The van der Waals surface area contributed by atoms with E-state index in [0.29, 0.717) is 38.2 Å². The first-order chi connectivity index (χ1) is 14.1. The fraction of sp³-hybridized carbons (Fsp3) is 0.348. The summed E-state index contributed by atoms with van der Waals surface area (Å²) in [6.07, 6.45) is 5.74. The summed E-state index contributed by atoms with van der Waals surface area (Å²) in [6.45, 7) is 1.85. The maximum absolute atomic E-state index is 13.0. The van der Waals surface area contributed by atoms with Crippen LogP contribution in [0, 0.1) is 5.92 Å². The standard InChI is InChI=1S/C23H26N4O2/c1-26-20-5-3-2-4-19(20)16-21(26)23(29)27-14-9-18(10-15-27)22(28)25-13-8-17-6-11-24-12-7-17/h2-7,11-12,16,18H,8-10,13-15H2,1H3,(H,25,28). The van der Waals surface area contributed by atoms with Crippen molar-refractivity contribution in [2.24, 2.45) is 13.0 Å². The lowest BCUT2D eigenvalue weighted by Crippen LogP contribution is -2.43. The number of rotatable bonds is 5. The molecule has 1 aromatic carbocycles. The van der Waals surface area contributed by atoms with Crippen LogP contribution in [0.25, 0.3) is 10.9 Å². The molecule has 0 atom stereocenters. The van der Waals surface area contributed by atoms with Gasteiger partial charge in [-0.2, -0.15) is 0 Å². The molecule has 0 radical (unpaired) electrons. The highest BCUT2D eigenvalue weighted by Crippen LogP contribution is 2.23. The van der Waals surface area contributed by atoms with Crippen molar-refractivity contribution in [1.82, 2.24) is 19.8 Å². The van der Waals surface area contributed by atoms with Crippen molar-refractivity contribution >= 4 is 22.7 Å². The molecule has 3 aromatic rings. The molecule has 0 aliphatic carbocycles. The monoisotopic (exact) mass is 390 g/mol. The number of nitrogens with one attached hydrogen (secondary N) is 1. The number of nitrogens with zero attached hydrogens (tertiary/aromatic N) is 3. The van der Waals surface area contributed by atoms with E-state index in [2.05, 4.69) is 10.3 Å². The van der Waals surface area contributed by atoms with Gasteiger partial charge in [0, 0.05) is 55.9 Å². The molecule has 3 heterocycles. The average molecular weight is 390 g/mol. The number of fused-ring (bicyclic) bond motifs is 1. The Hall–Kier alpha value is -3.15. The van der Waals surface area contributed by atoms with Crippen LogP contribution in [0.4, 0.5) is 0 Å². The zero-order valence-corrected chi connectivity index (χ0v) is 16.7. The minimum absolute atomic E-state index is 0.0241. The van der Waals surface area contributed by atoms with Crippen LogP contribution in [0.15, 0.2) is 54.9 Å². The number of carbonyl (C=O) groups excluding carboxylic acids is 2. The molecule has 6 nitrogen and oxygen atoms in total. The Bertz CT molecular complexity index is 1000. The Kier molecular flexibility index (Phi) is 5.60. The molecule has 1 saturated heterocycles. The van der Waals surface area contributed by atoms with E-state index in [-0.39, 0.29) is 17.7 Å². The van der Waals surface area contributed by atoms with E-state index in [0.717, 1.165) is 22.9 Å². The lowest BCUT2D eigenvalue weighted by atomic mass is 9.95. The molecule has 0 bridgehead atoms. The molecule has 150 valence electrons. The summed E-state index contributed by atoms with van der Waals surface area (Å²) in [5.74, 6) is 0.111. The van der Waals surface area contributed by atoms with Crippen LogP contribution >= 0.6 is 0 Å². The Morgan fingerprint density at radius 2 is 1.83 bits per heavy atom. The van der Waals surface area contributed by atoms with Crippen LogP contribution in [-0.2, 0) is 18.3 Å². The van der Waals surface area contributed by atoms with Gasteiger partial charge in [0.1, 0.15) is 5.69 Å². The Morgan fingerprint density at radius 1 is 1.10 bits per heavy atom. The Balaban J connectivity index is 1.30. The first-order valence-corrected chi connectivity index (χ1v) is 10.1. The normalized spacial score (nSPS) is 14.9. The van der Waals surface area contributed by atoms with Crippen LogP contribution in [0.2, 0.25) is 0 Å². The van der Waals surface area contributed by atoms with Crippen molar-refractivity contribution in [2.75, 3.05) is 19.6 Å². The van der Waals surface area contributed by atoms with Crippen molar-refractivity contribution in [2.45, 2.75) is 19.3 Å². The second-order valence-electron chi connectivity index (χ2n) is 7.61. The van der Waals surface area contributed by atoms with Gasteiger partial charge in [-0.25, -0.2) is 0 Å². The van der Waals surface area contributed by atoms with E-state index >= 15 is 0 Å². The third-order valence-corrected chi connectivity index (χ3v) is 5.79. The number of hydrogen-bond donors (Lipinski definition) is 1. The highest BCUT2D eigenvalue weighted by molar-refractivity contribution is 5.98. The van der Waals surface area contributed by atoms with Crippen LogP contribution in [-0.4, -0.2) is 45.9 Å². The van der Waals surface area contributed by atoms with Gasteiger partial charge in [-0.3, -0.25) is 14.6 Å². The molecule has 4 rings (SSSR count). The Labute approximate surface area is 170 Å². The predicted molar refractivity (Wildman–Crippen MR) is 112 cm³/mol. The molecular formula is C23H26N4O2. The summed E-state index contributed by atoms with van der Waals surface area (Å²) >= 11 is 0.